The van der Waals surface area contributed by atoms with Crippen molar-refractivity contribution < 1.29 is 4.79 Å². The zero-order valence-corrected chi connectivity index (χ0v) is 8.69. The summed E-state index contributed by atoms with van der Waals surface area (Å²) in [7, 11) is 0. The number of ketones is 1. The fourth-order valence-corrected chi connectivity index (χ4v) is 1.72. The van der Waals surface area contributed by atoms with E-state index < -0.39 is 0 Å². The van der Waals surface area contributed by atoms with Crippen LogP contribution in [0.25, 0.3) is 10.9 Å². The summed E-state index contributed by atoms with van der Waals surface area (Å²) in [5.74, 6) is -0.0875. The Morgan fingerprint density at radius 1 is 1.43 bits per heavy atom. The van der Waals surface area contributed by atoms with Gasteiger partial charge in [-0.15, -0.1) is 11.6 Å². The predicted octanol–water partition coefficient (Wildman–Crippen LogP) is 3.24. The average molecular weight is 228 g/mol. The van der Waals surface area contributed by atoms with Gasteiger partial charge in [-0.3, -0.25) is 4.79 Å². The van der Waals surface area contributed by atoms with Crippen LogP contribution in [0.2, 0.25) is 5.02 Å². The molecule has 72 valence electrons. The summed E-state index contributed by atoms with van der Waals surface area (Å²) in [6.45, 7) is 0. The van der Waals surface area contributed by atoms with Crippen molar-refractivity contribution in [3.8, 4) is 0 Å². The van der Waals surface area contributed by atoms with Gasteiger partial charge in [0.25, 0.3) is 0 Å². The van der Waals surface area contributed by atoms with Gasteiger partial charge in [0, 0.05) is 27.7 Å². The number of H-pyrrole nitrogens is 1. The van der Waals surface area contributed by atoms with E-state index in [-0.39, 0.29) is 11.7 Å². The zero-order valence-electron chi connectivity index (χ0n) is 7.18. The van der Waals surface area contributed by atoms with Crippen LogP contribution in [0.3, 0.4) is 0 Å². The lowest BCUT2D eigenvalue weighted by molar-refractivity contribution is 0.102. The standard InChI is InChI=1S/C10H7Cl2NO/c11-4-10(14)8-5-13-9-3-6(12)1-2-7(8)9/h1-3,5,13H,4H2. The second kappa shape index (κ2) is 3.64. The summed E-state index contributed by atoms with van der Waals surface area (Å²) in [5, 5.41) is 1.50. The summed E-state index contributed by atoms with van der Waals surface area (Å²) in [4.78, 5) is 14.4. The van der Waals surface area contributed by atoms with Crippen molar-refractivity contribution in [2.75, 3.05) is 5.88 Å². The molecule has 1 heterocycles. The lowest BCUT2D eigenvalue weighted by Crippen LogP contribution is -1.98. The number of rotatable bonds is 2. The number of nitrogens with one attached hydrogen (secondary N) is 1. The molecule has 1 N–H and O–H groups in total. The third kappa shape index (κ3) is 1.51. The molecular formula is C10H7Cl2NO. The Bertz CT molecular complexity index is 490. The molecule has 0 aliphatic carbocycles. The van der Waals surface area contributed by atoms with Gasteiger partial charge in [-0.25, -0.2) is 0 Å². The molecule has 0 atom stereocenters. The van der Waals surface area contributed by atoms with Gasteiger partial charge in [-0.1, -0.05) is 17.7 Å². The van der Waals surface area contributed by atoms with Crippen LogP contribution in [0.1, 0.15) is 10.4 Å². The fraction of sp³-hybridized carbons (Fsp3) is 0.100. The molecule has 1 aromatic heterocycles. The highest BCUT2D eigenvalue weighted by atomic mass is 35.5. The number of alkyl halides is 1. The number of Topliss-reactive ketones (excluding diaryl/α,β-unsaturated/α-hetero) is 1. The molecule has 0 spiro atoms. The molecule has 2 nitrogen and oxygen atoms in total. The van der Waals surface area contributed by atoms with Gasteiger partial charge in [-0.2, -0.15) is 0 Å². The summed E-state index contributed by atoms with van der Waals surface area (Å²) < 4.78 is 0. The van der Waals surface area contributed by atoms with Crippen molar-refractivity contribution >= 4 is 39.9 Å². The normalized spacial score (nSPS) is 10.7. The van der Waals surface area contributed by atoms with Crippen LogP contribution in [0.4, 0.5) is 0 Å². The highest BCUT2D eigenvalue weighted by Gasteiger charge is 2.10. The monoisotopic (exact) mass is 227 g/mol. The molecule has 4 heteroatoms. The third-order valence-corrected chi connectivity index (χ3v) is 2.54. The van der Waals surface area contributed by atoms with E-state index in [1.807, 2.05) is 6.07 Å². The molecule has 0 bridgehead atoms. The van der Waals surface area contributed by atoms with E-state index in [9.17, 15) is 4.79 Å². The number of carbonyl (C=O) groups excluding carboxylic acids is 1. The second-order valence-corrected chi connectivity index (χ2v) is 3.65. The summed E-state index contributed by atoms with van der Waals surface area (Å²) in [5.41, 5.74) is 1.47. The SMILES string of the molecule is O=C(CCl)c1c[nH]c2cc(Cl)ccc12. The molecule has 2 aromatic rings. The maximum Gasteiger partial charge on any atom is 0.179 e. The number of fused-ring (bicyclic) bond motifs is 1. The maximum absolute atomic E-state index is 11.4. The van der Waals surface area contributed by atoms with E-state index in [0.717, 1.165) is 10.9 Å². The Morgan fingerprint density at radius 3 is 2.93 bits per heavy atom. The van der Waals surface area contributed by atoms with Gasteiger partial charge in [0.15, 0.2) is 5.78 Å². The highest BCUT2D eigenvalue weighted by Crippen LogP contribution is 2.22. The van der Waals surface area contributed by atoms with Crippen LogP contribution in [0.15, 0.2) is 24.4 Å². The maximum atomic E-state index is 11.4. The Hall–Kier alpha value is -0.990. The number of hydrogen-bond donors (Lipinski definition) is 1. The minimum Gasteiger partial charge on any atom is -0.360 e. The lowest BCUT2D eigenvalue weighted by Gasteiger charge is -1.94. The first kappa shape index (κ1) is 9.56. The lowest BCUT2D eigenvalue weighted by atomic mass is 10.1. The minimum atomic E-state index is -0.0831. The molecule has 0 aliphatic rings. The number of aromatic nitrogens is 1. The second-order valence-electron chi connectivity index (χ2n) is 2.95. The van der Waals surface area contributed by atoms with E-state index in [1.54, 1.807) is 18.3 Å². The van der Waals surface area contributed by atoms with Gasteiger partial charge in [-0.05, 0) is 12.1 Å². The summed E-state index contributed by atoms with van der Waals surface area (Å²) >= 11 is 11.3. The molecule has 14 heavy (non-hydrogen) atoms. The molecule has 2 rings (SSSR count). The van der Waals surface area contributed by atoms with Gasteiger partial charge < -0.3 is 4.98 Å². The zero-order chi connectivity index (χ0) is 10.1. The number of carbonyl (C=O) groups is 1. The quantitative estimate of drug-likeness (QED) is 0.621. The van der Waals surface area contributed by atoms with Crippen molar-refractivity contribution in [1.29, 1.82) is 0 Å². The number of benzene rings is 1. The molecule has 0 aliphatic heterocycles. The topological polar surface area (TPSA) is 32.9 Å². The average Bonchev–Trinajstić information content (AvgIpc) is 2.59. The molecular weight excluding hydrogens is 221 g/mol. The van der Waals surface area contributed by atoms with E-state index in [1.165, 1.54) is 0 Å². The number of halogens is 2. The molecule has 0 saturated heterocycles. The molecule has 0 radical (unpaired) electrons. The Labute approximate surface area is 90.8 Å². The van der Waals surface area contributed by atoms with Crippen molar-refractivity contribution in [1.82, 2.24) is 4.98 Å². The number of aromatic amines is 1. The molecule has 0 saturated carbocycles. The highest BCUT2D eigenvalue weighted by molar-refractivity contribution is 6.33. The van der Waals surface area contributed by atoms with Gasteiger partial charge in [0.1, 0.15) is 0 Å². The molecule has 0 amide bonds. The van der Waals surface area contributed by atoms with Crippen LogP contribution in [0, 0.1) is 0 Å². The minimum absolute atomic E-state index is 0.00439. The first-order valence-corrected chi connectivity index (χ1v) is 4.99. The largest absolute Gasteiger partial charge is 0.360 e. The van der Waals surface area contributed by atoms with Gasteiger partial charge in [0.2, 0.25) is 0 Å². The Balaban J connectivity index is 2.64. The Morgan fingerprint density at radius 2 is 2.21 bits per heavy atom. The van der Waals surface area contributed by atoms with Crippen LogP contribution >= 0.6 is 23.2 Å². The first-order valence-electron chi connectivity index (χ1n) is 4.08. The summed E-state index contributed by atoms with van der Waals surface area (Å²) in [6, 6.07) is 5.35. The molecule has 1 aromatic carbocycles. The van der Waals surface area contributed by atoms with Crippen LogP contribution in [-0.4, -0.2) is 16.6 Å². The first-order chi connectivity index (χ1) is 6.72. The van der Waals surface area contributed by atoms with E-state index in [0.29, 0.717) is 10.6 Å². The van der Waals surface area contributed by atoms with Gasteiger partial charge >= 0.3 is 0 Å². The van der Waals surface area contributed by atoms with Crippen molar-refractivity contribution in [2.45, 2.75) is 0 Å². The molecule has 0 fully saturated rings. The fourth-order valence-electron chi connectivity index (χ4n) is 1.40. The third-order valence-electron chi connectivity index (χ3n) is 2.07. The van der Waals surface area contributed by atoms with E-state index in [4.69, 9.17) is 23.2 Å². The van der Waals surface area contributed by atoms with Gasteiger partial charge in [0.05, 0.1) is 5.88 Å². The predicted molar refractivity (Wildman–Crippen MR) is 58.4 cm³/mol. The van der Waals surface area contributed by atoms with Crippen molar-refractivity contribution in [2.24, 2.45) is 0 Å². The Kier molecular flexibility index (Phi) is 2.48. The number of hydrogen-bond acceptors (Lipinski definition) is 1. The van der Waals surface area contributed by atoms with Crippen LogP contribution in [-0.2, 0) is 0 Å². The summed E-state index contributed by atoms with van der Waals surface area (Å²) in [6.07, 6.45) is 1.66. The molecule has 0 unspecified atom stereocenters. The van der Waals surface area contributed by atoms with Crippen LogP contribution in [0.5, 0.6) is 0 Å². The van der Waals surface area contributed by atoms with E-state index in [2.05, 4.69) is 4.98 Å². The smallest absolute Gasteiger partial charge is 0.179 e. The van der Waals surface area contributed by atoms with Crippen molar-refractivity contribution in [3.63, 3.8) is 0 Å². The van der Waals surface area contributed by atoms with Crippen molar-refractivity contribution in [3.05, 3.63) is 35.0 Å². The van der Waals surface area contributed by atoms with E-state index >= 15 is 0 Å². The van der Waals surface area contributed by atoms with Crippen LogP contribution < -0.4 is 0 Å².